The largest absolute Gasteiger partial charge is 0.352 e. The highest BCUT2D eigenvalue weighted by atomic mass is 32.2. The summed E-state index contributed by atoms with van der Waals surface area (Å²) in [5.74, 6) is 0.738. The third-order valence-corrected chi connectivity index (χ3v) is 5.78. The minimum absolute atomic E-state index is 0.0443. The summed E-state index contributed by atoms with van der Waals surface area (Å²) in [4.78, 5) is 21.0. The van der Waals surface area contributed by atoms with E-state index in [9.17, 15) is 4.79 Å². The van der Waals surface area contributed by atoms with Crippen LogP contribution in [0.15, 0.2) is 47.2 Å². The molecule has 0 saturated carbocycles. The number of rotatable bonds is 7. The minimum Gasteiger partial charge on any atom is -0.352 e. The lowest BCUT2D eigenvalue weighted by atomic mass is 10.1. The number of carbonyl (C=O) groups is 1. The van der Waals surface area contributed by atoms with Crippen LogP contribution in [-0.2, 0) is 19.2 Å². The maximum atomic E-state index is 12.3. The van der Waals surface area contributed by atoms with Gasteiger partial charge in [0, 0.05) is 54.8 Å². The molecule has 130 valence electrons. The highest BCUT2D eigenvalue weighted by molar-refractivity contribution is 7.98. The monoisotopic (exact) mass is 372 g/mol. The zero-order chi connectivity index (χ0) is 17.6. The Labute approximate surface area is 155 Å². The second-order valence-corrected chi connectivity index (χ2v) is 7.58. The fourth-order valence-corrected chi connectivity index (χ4v) is 3.99. The Balaban J connectivity index is 1.53. The Hall–Kier alpha value is -2.12. The van der Waals surface area contributed by atoms with Gasteiger partial charge in [-0.1, -0.05) is 23.9 Å². The van der Waals surface area contributed by atoms with Crippen LogP contribution in [0.2, 0.25) is 0 Å². The average molecular weight is 373 g/mol. The van der Waals surface area contributed by atoms with Crippen molar-refractivity contribution in [3.05, 3.63) is 63.9 Å². The number of benzene rings is 1. The lowest BCUT2D eigenvalue weighted by Gasteiger charge is -2.07. The molecule has 3 rings (SSSR count). The lowest BCUT2D eigenvalue weighted by Crippen LogP contribution is -2.25. The van der Waals surface area contributed by atoms with E-state index < -0.39 is 0 Å². The first-order valence-corrected chi connectivity index (χ1v) is 9.86. The average Bonchev–Trinajstić information content (AvgIpc) is 3.21. The van der Waals surface area contributed by atoms with Crippen molar-refractivity contribution in [1.29, 1.82) is 0 Å². The quantitative estimate of drug-likeness (QED) is 0.645. The highest BCUT2D eigenvalue weighted by Crippen LogP contribution is 2.21. The fourth-order valence-electron chi connectivity index (χ4n) is 2.34. The van der Waals surface area contributed by atoms with Gasteiger partial charge in [-0.15, -0.1) is 11.3 Å². The molecule has 0 radical (unpaired) electrons. The van der Waals surface area contributed by atoms with Crippen molar-refractivity contribution in [3.63, 3.8) is 0 Å². The molecular weight excluding hydrogens is 352 g/mol. The molecule has 1 aromatic carbocycles. The molecule has 0 aliphatic carbocycles. The van der Waals surface area contributed by atoms with Gasteiger partial charge in [-0.3, -0.25) is 4.79 Å². The third kappa shape index (κ3) is 4.93. The minimum atomic E-state index is -0.0443. The van der Waals surface area contributed by atoms with Crippen LogP contribution < -0.4 is 5.32 Å². The number of aryl methyl sites for hydroxylation is 2. The molecule has 0 unspecified atom stereocenters. The number of carbonyl (C=O) groups excluding carboxylic acids is 1. The molecule has 5 nitrogen and oxygen atoms in total. The van der Waals surface area contributed by atoms with Crippen molar-refractivity contribution in [2.45, 2.75) is 24.3 Å². The molecule has 7 heteroatoms. The van der Waals surface area contributed by atoms with Crippen LogP contribution in [0.5, 0.6) is 0 Å². The molecule has 0 aliphatic rings. The molecule has 0 spiro atoms. The van der Waals surface area contributed by atoms with Crippen molar-refractivity contribution in [3.8, 4) is 0 Å². The fraction of sp³-hybridized carbons (Fsp3) is 0.278. The molecule has 2 heterocycles. The summed E-state index contributed by atoms with van der Waals surface area (Å²) in [6.07, 6.45) is 4.48. The summed E-state index contributed by atoms with van der Waals surface area (Å²) in [6.45, 7) is 2.57. The Morgan fingerprint density at radius 2 is 2.28 bits per heavy atom. The van der Waals surface area contributed by atoms with Gasteiger partial charge in [0.2, 0.25) is 0 Å². The predicted octanol–water partition coefficient (Wildman–Crippen LogP) is 3.45. The SMILES string of the molecule is Cc1csc(CCNC(=O)c2cccc(CSc3nccn3C)c2)n1. The zero-order valence-electron chi connectivity index (χ0n) is 14.2. The van der Waals surface area contributed by atoms with Gasteiger partial charge in [-0.25, -0.2) is 9.97 Å². The normalized spacial score (nSPS) is 10.8. The number of aromatic nitrogens is 3. The van der Waals surface area contributed by atoms with E-state index in [2.05, 4.69) is 15.3 Å². The first-order chi connectivity index (χ1) is 12.1. The van der Waals surface area contributed by atoms with Crippen LogP contribution in [0.4, 0.5) is 0 Å². The van der Waals surface area contributed by atoms with Crippen LogP contribution in [0.3, 0.4) is 0 Å². The van der Waals surface area contributed by atoms with E-state index in [1.807, 2.05) is 54.4 Å². The van der Waals surface area contributed by atoms with Gasteiger partial charge in [0.05, 0.1) is 5.01 Å². The summed E-state index contributed by atoms with van der Waals surface area (Å²) in [5.41, 5.74) is 2.83. The van der Waals surface area contributed by atoms with E-state index in [1.165, 1.54) is 0 Å². The standard InChI is InChI=1S/C18H20N4OS2/c1-13-11-24-16(21-13)6-7-19-17(23)15-5-3-4-14(10-15)12-25-18-20-8-9-22(18)2/h3-5,8-11H,6-7,12H2,1-2H3,(H,19,23). The Morgan fingerprint density at radius 3 is 3.00 bits per heavy atom. The maximum absolute atomic E-state index is 12.3. The first kappa shape index (κ1) is 17.7. The van der Waals surface area contributed by atoms with E-state index in [-0.39, 0.29) is 5.91 Å². The molecule has 2 aromatic heterocycles. The third-order valence-electron chi connectivity index (χ3n) is 3.63. The summed E-state index contributed by atoms with van der Waals surface area (Å²) >= 11 is 3.29. The van der Waals surface area contributed by atoms with Gasteiger partial charge in [0.1, 0.15) is 0 Å². The van der Waals surface area contributed by atoms with Crippen LogP contribution in [0.25, 0.3) is 0 Å². The molecule has 0 aliphatic heterocycles. The van der Waals surface area contributed by atoms with Gasteiger partial charge in [-0.05, 0) is 24.6 Å². The number of nitrogens with zero attached hydrogens (tertiary/aromatic N) is 3. The van der Waals surface area contributed by atoms with Crippen LogP contribution in [0, 0.1) is 6.92 Å². The number of nitrogens with one attached hydrogen (secondary N) is 1. The Bertz CT molecular complexity index is 856. The lowest BCUT2D eigenvalue weighted by molar-refractivity contribution is 0.0954. The summed E-state index contributed by atoms with van der Waals surface area (Å²) < 4.78 is 1.99. The molecular formula is C18H20N4OS2. The summed E-state index contributed by atoms with van der Waals surface area (Å²) in [5, 5.41) is 7.01. The number of hydrogen-bond donors (Lipinski definition) is 1. The molecule has 0 atom stereocenters. The van der Waals surface area contributed by atoms with E-state index in [0.29, 0.717) is 12.1 Å². The predicted molar refractivity (Wildman–Crippen MR) is 102 cm³/mol. The van der Waals surface area contributed by atoms with Crippen molar-refractivity contribution >= 4 is 29.0 Å². The van der Waals surface area contributed by atoms with Crippen LogP contribution >= 0.6 is 23.1 Å². The number of imidazole rings is 1. The molecule has 1 amide bonds. The van der Waals surface area contributed by atoms with E-state index in [4.69, 9.17) is 0 Å². The molecule has 1 N–H and O–H groups in total. The number of thioether (sulfide) groups is 1. The summed E-state index contributed by atoms with van der Waals surface area (Å²) in [7, 11) is 1.98. The van der Waals surface area contributed by atoms with Gasteiger partial charge in [0.15, 0.2) is 5.16 Å². The smallest absolute Gasteiger partial charge is 0.251 e. The Morgan fingerprint density at radius 1 is 1.40 bits per heavy atom. The second-order valence-electron chi connectivity index (χ2n) is 5.70. The first-order valence-electron chi connectivity index (χ1n) is 8.00. The van der Waals surface area contributed by atoms with Gasteiger partial charge >= 0.3 is 0 Å². The van der Waals surface area contributed by atoms with Gasteiger partial charge in [-0.2, -0.15) is 0 Å². The number of thiazole rings is 1. The van der Waals surface area contributed by atoms with Crippen molar-refractivity contribution in [2.24, 2.45) is 7.05 Å². The maximum Gasteiger partial charge on any atom is 0.251 e. The molecule has 3 aromatic rings. The van der Waals surface area contributed by atoms with Crippen molar-refractivity contribution in [1.82, 2.24) is 19.9 Å². The van der Waals surface area contributed by atoms with Crippen LogP contribution in [0.1, 0.15) is 26.6 Å². The van der Waals surface area contributed by atoms with Crippen molar-refractivity contribution < 1.29 is 4.79 Å². The number of amides is 1. The molecule has 25 heavy (non-hydrogen) atoms. The molecule has 0 fully saturated rings. The number of hydrogen-bond acceptors (Lipinski definition) is 5. The van der Waals surface area contributed by atoms with Gasteiger partial charge < -0.3 is 9.88 Å². The summed E-state index contributed by atoms with van der Waals surface area (Å²) in [6, 6.07) is 7.75. The second kappa shape index (κ2) is 8.31. The van der Waals surface area contributed by atoms with E-state index >= 15 is 0 Å². The topological polar surface area (TPSA) is 59.8 Å². The highest BCUT2D eigenvalue weighted by Gasteiger charge is 2.08. The van der Waals surface area contributed by atoms with Crippen LogP contribution in [-0.4, -0.2) is 27.0 Å². The molecule has 0 bridgehead atoms. The van der Waals surface area contributed by atoms with Gasteiger partial charge in [0.25, 0.3) is 5.91 Å². The van der Waals surface area contributed by atoms with Crippen molar-refractivity contribution in [2.75, 3.05) is 6.54 Å². The molecule has 0 saturated heterocycles. The zero-order valence-corrected chi connectivity index (χ0v) is 15.9. The Kier molecular flexibility index (Phi) is 5.88. The van der Waals surface area contributed by atoms with E-state index in [1.54, 1.807) is 29.3 Å². The van der Waals surface area contributed by atoms with E-state index in [0.717, 1.165) is 33.6 Å².